The third kappa shape index (κ3) is 14.0. The number of unbranched alkanes of at least 4 members (excludes halogenated alkanes) is 1. The topological polar surface area (TPSA) is 175 Å². The lowest BCUT2D eigenvalue weighted by atomic mass is 10.0. The minimum absolute atomic E-state index is 0.0387. The van der Waals surface area contributed by atoms with Crippen LogP contribution in [0, 0.1) is 0 Å². The lowest BCUT2D eigenvalue weighted by Crippen LogP contribution is -2.57. The van der Waals surface area contributed by atoms with Crippen LogP contribution in [0.15, 0.2) is 0 Å². The summed E-state index contributed by atoms with van der Waals surface area (Å²) in [6, 6.07) is -1.33. The van der Waals surface area contributed by atoms with Crippen LogP contribution < -0.4 is 5.32 Å². The number of esters is 3. The van der Waals surface area contributed by atoms with Crippen LogP contribution in [-0.4, -0.2) is 77.8 Å². The van der Waals surface area contributed by atoms with Gasteiger partial charge < -0.3 is 34.5 Å². The summed E-state index contributed by atoms with van der Waals surface area (Å²) in [5, 5.41) is 21.5. The third-order valence-corrected chi connectivity index (χ3v) is 3.80. The highest BCUT2D eigenvalue weighted by Gasteiger charge is 2.40. The number of aliphatic carboxylic acids is 1. The van der Waals surface area contributed by atoms with E-state index in [2.05, 4.69) is 5.32 Å². The molecule has 31 heavy (non-hydrogen) atoms. The molecule has 0 saturated carbocycles. The van der Waals surface area contributed by atoms with E-state index >= 15 is 0 Å². The van der Waals surface area contributed by atoms with E-state index in [4.69, 9.17) is 24.1 Å². The molecule has 12 nitrogen and oxygen atoms in total. The van der Waals surface area contributed by atoms with Crippen LogP contribution in [0.1, 0.15) is 53.4 Å². The fourth-order valence-electron chi connectivity index (χ4n) is 2.63. The predicted molar refractivity (Wildman–Crippen MR) is 103 cm³/mol. The summed E-state index contributed by atoms with van der Waals surface area (Å²) in [4.78, 5) is 56.5. The Morgan fingerprint density at radius 1 is 0.871 bits per heavy atom. The smallest absolute Gasteiger partial charge is 0.303 e. The molecule has 0 bridgehead atoms. The number of aliphatic hydroxyl groups is 1. The van der Waals surface area contributed by atoms with Gasteiger partial charge in [-0.2, -0.15) is 0 Å². The molecule has 0 unspecified atom stereocenters. The van der Waals surface area contributed by atoms with Crippen molar-refractivity contribution in [1.82, 2.24) is 5.32 Å². The molecule has 1 amide bonds. The number of hydrogen-bond acceptors (Lipinski definition) is 10. The minimum atomic E-state index is -1.68. The minimum Gasteiger partial charge on any atom is -0.481 e. The fourth-order valence-corrected chi connectivity index (χ4v) is 2.63. The number of carbonyl (C=O) groups is 5. The van der Waals surface area contributed by atoms with Crippen LogP contribution in [0.4, 0.5) is 0 Å². The Balaban J connectivity index is 5.50. The number of rotatable bonds is 15. The van der Waals surface area contributed by atoms with E-state index in [-0.39, 0.29) is 26.1 Å². The molecule has 0 fully saturated rings. The Bertz CT molecular complexity index is 622. The average Bonchev–Trinajstić information content (AvgIpc) is 2.62. The van der Waals surface area contributed by atoms with Gasteiger partial charge in [-0.3, -0.25) is 24.0 Å². The van der Waals surface area contributed by atoms with Gasteiger partial charge in [0.1, 0.15) is 12.1 Å². The van der Waals surface area contributed by atoms with Gasteiger partial charge in [-0.25, -0.2) is 0 Å². The maximum absolute atomic E-state index is 11.7. The maximum atomic E-state index is 11.7. The SMILES string of the molecule is CC(=O)N[C@H]([C@@H](OC(C)=O)[C@@H](CCOC(C)=O)OC(C)=O)[C@H](O)OCCCCC(=O)O. The summed E-state index contributed by atoms with van der Waals surface area (Å²) in [6.07, 6.45) is -3.76. The Labute approximate surface area is 180 Å². The second-order valence-corrected chi connectivity index (χ2v) is 6.69. The highest BCUT2D eigenvalue weighted by Crippen LogP contribution is 2.18. The summed E-state index contributed by atoms with van der Waals surface area (Å²) in [7, 11) is 0. The summed E-state index contributed by atoms with van der Waals surface area (Å²) in [5.41, 5.74) is 0. The lowest BCUT2D eigenvalue weighted by molar-refractivity contribution is -0.190. The van der Waals surface area contributed by atoms with Crippen LogP contribution >= 0.6 is 0 Å². The average molecular weight is 449 g/mol. The van der Waals surface area contributed by atoms with E-state index in [0.29, 0.717) is 12.8 Å². The molecule has 0 aliphatic carbocycles. The lowest BCUT2D eigenvalue weighted by Gasteiger charge is -2.35. The second-order valence-electron chi connectivity index (χ2n) is 6.69. The summed E-state index contributed by atoms with van der Waals surface area (Å²) < 4.78 is 20.5. The quantitative estimate of drug-likeness (QED) is 0.132. The van der Waals surface area contributed by atoms with E-state index in [0.717, 1.165) is 20.8 Å². The van der Waals surface area contributed by atoms with Gasteiger partial charge in [0.05, 0.1) is 6.61 Å². The standard InChI is InChI=1S/C19H31NO11/c1-11(21)20-17(19(27)29-9-6-5-7-16(25)26)18(31-14(4)24)15(30-13(3)23)8-10-28-12(2)22/h15,17-19,27H,5-10H2,1-4H3,(H,20,21)(H,25,26)/t15-,17-,18+,19-/m1/s1. The number of carboxylic acid groups (broad SMARTS) is 1. The van der Waals surface area contributed by atoms with E-state index in [9.17, 15) is 29.1 Å². The van der Waals surface area contributed by atoms with Crippen molar-refractivity contribution in [2.24, 2.45) is 0 Å². The van der Waals surface area contributed by atoms with E-state index < -0.39 is 54.3 Å². The molecule has 0 aromatic heterocycles. The van der Waals surface area contributed by atoms with Crippen molar-refractivity contribution in [2.45, 2.75) is 77.9 Å². The van der Waals surface area contributed by atoms with Crippen LogP contribution in [0.2, 0.25) is 0 Å². The van der Waals surface area contributed by atoms with Crippen molar-refractivity contribution in [2.75, 3.05) is 13.2 Å². The van der Waals surface area contributed by atoms with Gasteiger partial charge in [0.15, 0.2) is 12.4 Å². The van der Waals surface area contributed by atoms with Crippen molar-refractivity contribution < 1.29 is 53.1 Å². The largest absolute Gasteiger partial charge is 0.481 e. The van der Waals surface area contributed by atoms with Crippen LogP contribution in [0.5, 0.6) is 0 Å². The van der Waals surface area contributed by atoms with Crippen LogP contribution in [0.25, 0.3) is 0 Å². The zero-order chi connectivity index (χ0) is 24.0. The Kier molecular flexibility index (Phi) is 13.8. The molecule has 0 aromatic carbocycles. The third-order valence-electron chi connectivity index (χ3n) is 3.80. The van der Waals surface area contributed by atoms with Crippen LogP contribution in [-0.2, 0) is 42.9 Å². The Morgan fingerprint density at radius 3 is 1.97 bits per heavy atom. The summed E-state index contributed by atoms with van der Waals surface area (Å²) in [5.74, 6) is -3.64. The van der Waals surface area contributed by atoms with Gasteiger partial charge in [-0.1, -0.05) is 0 Å². The maximum Gasteiger partial charge on any atom is 0.303 e. The monoisotopic (exact) mass is 449 g/mol. The van der Waals surface area contributed by atoms with E-state index in [1.807, 2.05) is 0 Å². The molecular weight excluding hydrogens is 418 g/mol. The molecule has 0 radical (unpaired) electrons. The number of carbonyl (C=O) groups excluding carboxylic acids is 4. The first kappa shape index (κ1) is 28.3. The first-order valence-electron chi connectivity index (χ1n) is 9.70. The highest BCUT2D eigenvalue weighted by molar-refractivity contribution is 5.73. The number of ether oxygens (including phenoxy) is 4. The summed E-state index contributed by atoms with van der Waals surface area (Å²) in [6.45, 7) is 4.34. The molecule has 0 spiro atoms. The first-order chi connectivity index (χ1) is 14.4. The first-order valence-corrected chi connectivity index (χ1v) is 9.70. The van der Waals surface area contributed by atoms with Crippen molar-refractivity contribution in [1.29, 1.82) is 0 Å². The number of amides is 1. The summed E-state index contributed by atoms with van der Waals surface area (Å²) >= 11 is 0. The molecule has 0 heterocycles. The Hall–Kier alpha value is -2.73. The van der Waals surface area contributed by atoms with Gasteiger partial charge in [-0.05, 0) is 12.8 Å². The van der Waals surface area contributed by atoms with Gasteiger partial charge in [0.25, 0.3) is 0 Å². The predicted octanol–water partition coefficient (Wildman–Crippen LogP) is -0.102. The normalized spacial score (nSPS) is 14.5. The van der Waals surface area contributed by atoms with Gasteiger partial charge in [-0.15, -0.1) is 0 Å². The van der Waals surface area contributed by atoms with E-state index in [1.54, 1.807) is 0 Å². The second kappa shape index (κ2) is 15.1. The molecule has 12 heteroatoms. The van der Waals surface area contributed by atoms with Crippen molar-refractivity contribution in [3.05, 3.63) is 0 Å². The Morgan fingerprint density at radius 2 is 1.48 bits per heavy atom. The number of hydrogen-bond donors (Lipinski definition) is 3. The van der Waals surface area contributed by atoms with Crippen molar-refractivity contribution in [3.63, 3.8) is 0 Å². The fraction of sp³-hybridized carbons (Fsp3) is 0.737. The molecule has 0 aliphatic heterocycles. The van der Waals surface area contributed by atoms with Crippen LogP contribution in [0.3, 0.4) is 0 Å². The molecular formula is C19H31NO11. The zero-order valence-electron chi connectivity index (χ0n) is 18.1. The number of nitrogens with one attached hydrogen (secondary N) is 1. The molecule has 0 aliphatic rings. The molecule has 0 saturated heterocycles. The van der Waals surface area contributed by atoms with Crippen molar-refractivity contribution >= 4 is 29.8 Å². The molecule has 0 rings (SSSR count). The van der Waals surface area contributed by atoms with Crippen molar-refractivity contribution in [3.8, 4) is 0 Å². The molecule has 4 atom stereocenters. The zero-order valence-corrected chi connectivity index (χ0v) is 18.1. The van der Waals surface area contributed by atoms with Gasteiger partial charge in [0.2, 0.25) is 5.91 Å². The van der Waals surface area contributed by atoms with Gasteiger partial charge >= 0.3 is 23.9 Å². The van der Waals surface area contributed by atoms with E-state index in [1.165, 1.54) is 6.92 Å². The molecule has 3 N–H and O–H groups in total. The molecule has 0 aromatic rings. The number of carboxylic acids is 1. The molecule has 178 valence electrons. The van der Waals surface area contributed by atoms with Gasteiger partial charge in [0, 0.05) is 47.1 Å². The number of aliphatic hydroxyl groups excluding tert-OH is 1. The highest BCUT2D eigenvalue weighted by atomic mass is 16.6.